The van der Waals surface area contributed by atoms with Crippen molar-refractivity contribution in [3.63, 3.8) is 0 Å². The van der Waals surface area contributed by atoms with Crippen molar-refractivity contribution in [2.24, 2.45) is 0 Å². The Morgan fingerprint density at radius 2 is 1.31 bits per heavy atom. The molecule has 0 fully saturated rings. The van der Waals surface area contributed by atoms with Gasteiger partial charge in [-0.05, 0) is 35.4 Å². The third-order valence-electron chi connectivity index (χ3n) is 6.18. The molecule has 0 atom stereocenters. The average Bonchev–Trinajstić information content (AvgIpc) is 3.50. The molecule has 6 aromatic rings. The Hall–Kier alpha value is -4.70. The Kier molecular flexibility index (Phi) is 5.32. The van der Waals surface area contributed by atoms with E-state index in [0.29, 0.717) is 0 Å². The molecule has 1 N–H and O–H groups in total. The van der Waals surface area contributed by atoms with Crippen LogP contribution in [-0.4, -0.2) is 19.5 Å². The van der Waals surface area contributed by atoms with Crippen LogP contribution in [0.25, 0.3) is 57.0 Å². The van der Waals surface area contributed by atoms with E-state index < -0.39 is 0 Å². The van der Waals surface area contributed by atoms with Crippen LogP contribution in [-0.2, 0) is 6.54 Å². The minimum absolute atomic E-state index is 0.724. The van der Waals surface area contributed by atoms with E-state index in [1.807, 2.05) is 42.5 Å². The average molecular weight is 453 g/mol. The summed E-state index contributed by atoms with van der Waals surface area (Å²) in [6.07, 6.45) is 6.17. The van der Waals surface area contributed by atoms with Crippen LogP contribution < -0.4 is 0 Å². The van der Waals surface area contributed by atoms with Crippen LogP contribution in [0.15, 0.2) is 110 Å². The number of imidazole rings is 2. The largest absolute Gasteiger partial charge is 0.338 e. The molecular weight excluding hydrogens is 428 g/mol. The highest BCUT2D eigenvalue weighted by atomic mass is 15.1. The molecule has 4 aromatic carbocycles. The van der Waals surface area contributed by atoms with Gasteiger partial charge in [0.05, 0.1) is 22.1 Å². The number of hydrogen-bond acceptors (Lipinski definition) is 2. The lowest BCUT2D eigenvalue weighted by atomic mass is 10.1. The van der Waals surface area contributed by atoms with Crippen molar-refractivity contribution in [2.45, 2.75) is 6.54 Å². The molecule has 2 heterocycles. The van der Waals surface area contributed by atoms with Crippen LogP contribution >= 0.6 is 0 Å². The molecule has 0 aliphatic carbocycles. The highest BCUT2D eigenvalue weighted by Gasteiger charge is 2.11. The Bertz CT molecular complexity index is 1630. The fraction of sp³-hybridized carbons (Fsp3) is 0.0323. The summed E-state index contributed by atoms with van der Waals surface area (Å²) in [4.78, 5) is 12.9. The highest BCUT2D eigenvalue weighted by Crippen LogP contribution is 2.26. The fourth-order valence-corrected chi connectivity index (χ4v) is 4.39. The fourth-order valence-electron chi connectivity index (χ4n) is 4.39. The van der Waals surface area contributed by atoms with Gasteiger partial charge in [-0.1, -0.05) is 91.0 Å². The zero-order valence-electron chi connectivity index (χ0n) is 19.2. The van der Waals surface area contributed by atoms with Crippen LogP contribution in [0.5, 0.6) is 0 Å². The van der Waals surface area contributed by atoms with Gasteiger partial charge >= 0.3 is 0 Å². The van der Waals surface area contributed by atoms with Gasteiger partial charge in [0.15, 0.2) is 0 Å². The number of aromatic nitrogens is 4. The lowest BCUT2D eigenvalue weighted by Gasteiger charge is -2.07. The molecule has 0 amide bonds. The number of rotatable bonds is 6. The summed E-state index contributed by atoms with van der Waals surface area (Å²) in [5.41, 5.74) is 8.60. The first-order valence-electron chi connectivity index (χ1n) is 11.7. The van der Waals surface area contributed by atoms with Crippen molar-refractivity contribution < 1.29 is 0 Å². The molecular formula is C31H24N4. The maximum absolute atomic E-state index is 4.86. The van der Waals surface area contributed by atoms with Crippen molar-refractivity contribution in [1.29, 1.82) is 0 Å². The predicted molar refractivity (Wildman–Crippen MR) is 146 cm³/mol. The van der Waals surface area contributed by atoms with Gasteiger partial charge in [0.25, 0.3) is 0 Å². The second-order valence-electron chi connectivity index (χ2n) is 8.50. The molecule has 0 aliphatic rings. The van der Waals surface area contributed by atoms with Crippen LogP contribution in [0.3, 0.4) is 0 Å². The van der Waals surface area contributed by atoms with Crippen molar-refractivity contribution in [3.05, 3.63) is 121 Å². The normalized spacial score (nSPS) is 11.5. The van der Waals surface area contributed by atoms with Gasteiger partial charge in [-0.25, -0.2) is 9.97 Å². The zero-order chi connectivity index (χ0) is 23.6. The van der Waals surface area contributed by atoms with Crippen LogP contribution in [0.4, 0.5) is 0 Å². The number of hydrogen-bond donors (Lipinski definition) is 1. The van der Waals surface area contributed by atoms with Crippen molar-refractivity contribution in [1.82, 2.24) is 19.5 Å². The predicted octanol–water partition coefficient (Wildman–Crippen LogP) is 7.60. The van der Waals surface area contributed by atoms with E-state index in [1.54, 1.807) is 0 Å². The molecule has 2 aromatic heterocycles. The second-order valence-corrected chi connectivity index (χ2v) is 8.50. The van der Waals surface area contributed by atoms with E-state index in [0.717, 1.165) is 62.5 Å². The summed E-state index contributed by atoms with van der Waals surface area (Å²) in [5, 5.41) is 0. The quantitative estimate of drug-likeness (QED) is 0.209. The molecule has 4 nitrogen and oxygen atoms in total. The molecule has 4 heteroatoms. The zero-order valence-corrected chi connectivity index (χ0v) is 19.2. The van der Waals surface area contributed by atoms with Gasteiger partial charge in [0.2, 0.25) is 0 Å². The molecule has 0 saturated carbocycles. The minimum Gasteiger partial charge on any atom is -0.338 e. The monoisotopic (exact) mass is 452 g/mol. The number of nitrogens with zero attached hydrogens (tertiary/aromatic N) is 3. The summed E-state index contributed by atoms with van der Waals surface area (Å²) < 4.78 is 2.21. The van der Waals surface area contributed by atoms with E-state index in [9.17, 15) is 0 Å². The summed E-state index contributed by atoms with van der Waals surface area (Å²) in [7, 11) is 0. The minimum atomic E-state index is 0.724. The number of para-hydroxylation sites is 4. The lowest BCUT2D eigenvalue weighted by Crippen LogP contribution is -1.98. The van der Waals surface area contributed by atoms with E-state index in [-0.39, 0.29) is 0 Å². The number of fused-ring (bicyclic) bond motifs is 2. The van der Waals surface area contributed by atoms with Crippen molar-refractivity contribution >= 4 is 34.2 Å². The topological polar surface area (TPSA) is 46.5 Å². The summed E-state index contributed by atoms with van der Waals surface area (Å²) in [6, 6.07) is 33.3. The van der Waals surface area contributed by atoms with E-state index in [1.165, 1.54) is 0 Å². The Labute approximate surface area is 203 Å². The Balaban J connectivity index is 1.21. The molecule has 35 heavy (non-hydrogen) atoms. The molecule has 0 spiro atoms. The number of H-pyrrole nitrogens is 1. The summed E-state index contributed by atoms with van der Waals surface area (Å²) >= 11 is 0. The highest BCUT2D eigenvalue weighted by molar-refractivity contribution is 5.82. The van der Waals surface area contributed by atoms with Gasteiger partial charge in [0.1, 0.15) is 11.6 Å². The van der Waals surface area contributed by atoms with E-state index >= 15 is 0 Å². The van der Waals surface area contributed by atoms with Gasteiger partial charge < -0.3 is 9.55 Å². The first-order valence-corrected chi connectivity index (χ1v) is 11.7. The van der Waals surface area contributed by atoms with Crippen LogP contribution in [0, 0.1) is 0 Å². The summed E-state index contributed by atoms with van der Waals surface area (Å²) in [6.45, 7) is 4.64. The van der Waals surface area contributed by atoms with Gasteiger partial charge in [-0.2, -0.15) is 0 Å². The lowest BCUT2D eigenvalue weighted by molar-refractivity contribution is 0.862. The number of nitrogens with one attached hydrogen (secondary N) is 1. The maximum Gasteiger partial charge on any atom is 0.141 e. The third kappa shape index (κ3) is 4.06. The standard InChI is InChI=1S/C31H24N4/c1-2-21-35-29-10-6-5-9-28(29)34-31(35)25-19-15-23(16-20-25)12-11-22-13-17-24(18-14-22)30-32-26-7-3-4-8-27(26)33-30/h2-20H,1,21H2,(H,32,33)/b12-11-. The molecule has 0 saturated heterocycles. The molecule has 168 valence electrons. The second kappa shape index (κ2) is 8.92. The first kappa shape index (κ1) is 20.9. The molecule has 0 bridgehead atoms. The van der Waals surface area contributed by atoms with E-state index in [2.05, 4.69) is 93.9 Å². The van der Waals surface area contributed by atoms with Crippen molar-refractivity contribution in [2.75, 3.05) is 0 Å². The summed E-state index contributed by atoms with van der Waals surface area (Å²) in [5.74, 6) is 1.85. The molecule has 0 aliphatic heterocycles. The smallest absolute Gasteiger partial charge is 0.141 e. The van der Waals surface area contributed by atoms with Gasteiger partial charge in [-0.3, -0.25) is 0 Å². The van der Waals surface area contributed by atoms with Crippen LogP contribution in [0.1, 0.15) is 11.1 Å². The Morgan fingerprint density at radius 3 is 2.00 bits per heavy atom. The van der Waals surface area contributed by atoms with Gasteiger partial charge in [0, 0.05) is 17.7 Å². The third-order valence-corrected chi connectivity index (χ3v) is 6.18. The molecule has 0 radical (unpaired) electrons. The number of benzene rings is 4. The van der Waals surface area contributed by atoms with E-state index in [4.69, 9.17) is 4.98 Å². The SMILES string of the molecule is C=CCn1c(-c2ccc(/C=C\c3ccc(-c4nc5ccccc5[nH]4)cc3)cc2)nc2ccccc21. The molecule has 6 rings (SSSR count). The molecule has 0 unspecified atom stereocenters. The number of allylic oxidation sites excluding steroid dienone is 1. The first-order chi connectivity index (χ1) is 17.3. The van der Waals surface area contributed by atoms with Gasteiger partial charge in [-0.15, -0.1) is 6.58 Å². The Morgan fingerprint density at radius 1 is 0.686 bits per heavy atom. The number of aromatic amines is 1. The van der Waals surface area contributed by atoms with Crippen LogP contribution in [0.2, 0.25) is 0 Å². The van der Waals surface area contributed by atoms with Crippen molar-refractivity contribution in [3.8, 4) is 22.8 Å². The maximum atomic E-state index is 4.86.